The first-order chi connectivity index (χ1) is 8.79. The van der Waals surface area contributed by atoms with Crippen LogP contribution in [0.4, 0.5) is 10.5 Å². The van der Waals surface area contributed by atoms with Crippen molar-refractivity contribution in [1.29, 1.82) is 0 Å². The first kappa shape index (κ1) is 15.0. The van der Waals surface area contributed by atoms with E-state index in [2.05, 4.69) is 10.6 Å². The third-order valence-corrected chi connectivity index (χ3v) is 3.11. The van der Waals surface area contributed by atoms with Crippen LogP contribution in [0.1, 0.15) is 10.4 Å². The van der Waals surface area contributed by atoms with E-state index in [1.807, 2.05) is 0 Å². The molecule has 8 heteroatoms. The number of amides is 2. The van der Waals surface area contributed by atoms with Gasteiger partial charge in [0.05, 0.1) is 17.0 Å². The van der Waals surface area contributed by atoms with Gasteiger partial charge in [-0.1, -0.05) is 12.1 Å². The summed E-state index contributed by atoms with van der Waals surface area (Å²) in [7, 11) is -3.15. The number of nitrogens with one attached hydrogen (secondary N) is 2. The molecule has 0 spiro atoms. The number of para-hydroxylation sites is 1. The fourth-order valence-electron chi connectivity index (χ4n) is 1.30. The number of carbonyl (C=O) groups excluding carboxylic acids is 1. The smallest absolute Gasteiger partial charge is 0.337 e. The number of carbonyl (C=O) groups is 2. The molecule has 0 saturated heterocycles. The number of aromatic carboxylic acids is 1. The largest absolute Gasteiger partial charge is 0.478 e. The zero-order chi connectivity index (χ0) is 14.5. The summed E-state index contributed by atoms with van der Waals surface area (Å²) in [6.45, 7) is -0.0418. The van der Waals surface area contributed by atoms with E-state index < -0.39 is 21.8 Å². The first-order valence-electron chi connectivity index (χ1n) is 5.34. The van der Waals surface area contributed by atoms with Gasteiger partial charge in [0.2, 0.25) is 0 Å². The van der Waals surface area contributed by atoms with E-state index in [0.29, 0.717) is 0 Å². The fourth-order valence-corrected chi connectivity index (χ4v) is 1.77. The molecule has 1 rings (SSSR count). The van der Waals surface area contributed by atoms with Crippen LogP contribution in [0.25, 0.3) is 0 Å². The average Bonchev–Trinajstić information content (AvgIpc) is 2.27. The van der Waals surface area contributed by atoms with E-state index in [4.69, 9.17) is 5.11 Å². The van der Waals surface area contributed by atoms with Crippen molar-refractivity contribution in [3.8, 4) is 0 Å². The molecule has 7 nitrogen and oxygen atoms in total. The molecule has 104 valence electrons. The van der Waals surface area contributed by atoms with E-state index in [0.717, 1.165) is 6.26 Å². The zero-order valence-corrected chi connectivity index (χ0v) is 11.0. The number of urea groups is 1. The Morgan fingerprint density at radius 1 is 1.26 bits per heavy atom. The molecule has 0 aliphatic carbocycles. The standard InChI is InChI=1S/C11H14N2O5S/c1-19(17,18)7-6-12-11(16)13-9-5-3-2-4-8(9)10(14)15/h2-5H,6-7H2,1H3,(H,14,15)(H2,12,13,16). The monoisotopic (exact) mass is 286 g/mol. The van der Waals surface area contributed by atoms with Crippen LogP contribution in [0.3, 0.4) is 0 Å². The Kier molecular flexibility index (Phi) is 4.87. The molecule has 0 fully saturated rings. The molecule has 0 radical (unpaired) electrons. The normalized spacial score (nSPS) is 10.8. The highest BCUT2D eigenvalue weighted by molar-refractivity contribution is 7.90. The molecule has 0 unspecified atom stereocenters. The van der Waals surface area contributed by atoms with Crippen LogP contribution in [0.15, 0.2) is 24.3 Å². The molecule has 1 aromatic rings. The summed E-state index contributed by atoms with van der Waals surface area (Å²) in [4.78, 5) is 22.4. The second-order valence-corrected chi connectivity index (χ2v) is 6.12. The molecule has 2 amide bonds. The molecule has 0 aliphatic heterocycles. The number of carboxylic acid groups (broad SMARTS) is 1. The molecule has 0 aliphatic rings. The van der Waals surface area contributed by atoms with Crippen molar-refractivity contribution in [3.63, 3.8) is 0 Å². The predicted octanol–water partition coefficient (Wildman–Crippen LogP) is 0.551. The van der Waals surface area contributed by atoms with Gasteiger partial charge in [0.1, 0.15) is 9.84 Å². The van der Waals surface area contributed by atoms with Gasteiger partial charge in [0.15, 0.2) is 0 Å². The van der Waals surface area contributed by atoms with Gasteiger partial charge in [-0.2, -0.15) is 0 Å². The Balaban J connectivity index is 2.60. The van der Waals surface area contributed by atoms with Gasteiger partial charge >= 0.3 is 12.0 Å². The minimum atomic E-state index is -3.15. The van der Waals surface area contributed by atoms with Crippen LogP contribution < -0.4 is 10.6 Å². The minimum Gasteiger partial charge on any atom is -0.478 e. The topological polar surface area (TPSA) is 113 Å². The van der Waals surface area contributed by atoms with Crippen LogP contribution in [0, 0.1) is 0 Å². The molecule has 0 saturated carbocycles. The number of anilines is 1. The lowest BCUT2D eigenvalue weighted by atomic mass is 10.2. The Morgan fingerprint density at radius 3 is 2.47 bits per heavy atom. The fraction of sp³-hybridized carbons (Fsp3) is 0.273. The molecule has 3 N–H and O–H groups in total. The van der Waals surface area contributed by atoms with Gasteiger partial charge in [0, 0.05) is 12.8 Å². The number of carboxylic acids is 1. The lowest BCUT2D eigenvalue weighted by Crippen LogP contribution is -2.33. The Labute approximate surface area is 110 Å². The predicted molar refractivity (Wildman–Crippen MR) is 70.1 cm³/mol. The number of rotatable bonds is 5. The van der Waals surface area contributed by atoms with Gasteiger partial charge in [-0.25, -0.2) is 18.0 Å². The van der Waals surface area contributed by atoms with Gasteiger partial charge < -0.3 is 15.7 Å². The average molecular weight is 286 g/mol. The first-order valence-corrected chi connectivity index (χ1v) is 7.40. The van der Waals surface area contributed by atoms with Crippen molar-refractivity contribution in [2.24, 2.45) is 0 Å². The Morgan fingerprint density at radius 2 is 1.89 bits per heavy atom. The summed E-state index contributed by atoms with van der Waals surface area (Å²) in [5.41, 5.74) is 0.104. The summed E-state index contributed by atoms with van der Waals surface area (Å²) in [6.07, 6.45) is 1.06. The zero-order valence-electron chi connectivity index (χ0n) is 10.2. The van der Waals surface area contributed by atoms with E-state index >= 15 is 0 Å². The van der Waals surface area contributed by atoms with Crippen molar-refractivity contribution < 1.29 is 23.1 Å². The van der Waals surface area contributed by atoms with Gasteiger partial charge in [0.25, 0.3) is 0 Å². The van der Waals surface area contributed by atoms with Gasteiger partial charge in [-0.3, -0.25) is 0 Å². The highest BCUT2D eigenvalue weighted by Crippen LogP contribution is 2.14. The highest BCUT2D eigenvalue weighted by atomic mass is 32.2. The van der Waals surface area contributed by atoms with Gasteiger partial charge in [-0.15, -0.1) is 0 Å². The summed E-state index contributed by atoms with van der Waals surface area (Å²) >= 11 is 0. The maximum absolute atomic E-state index is 11.5. The molecule has 0 bridgehead atoms. The number of sulfone groups is 1. The number of hydrogen-bond donors (Lipinski definition) is 3. The van der Waals surface area contributed by atoms with E-state index in [9.17, 15) is 18.0 Å². The molecular formula is C11H14N2O5S. The second kappa shape index (κ2) is 6.19. The SMILES string of the molecule is CS(=O)(=O)CCNC(=O)Nc1ccccc1C(=O)O. The lowest BCUT2D eigenvalue weighted by Gasteiger charge is -2.09. The van der Waals surface area contributed by atoms with E-state index in [-0.39, 0.29) is 23.5 Å². The Hall–Kier alpha value is -2.09. The van der Waals surface area contributed by atoms with Crippen molar-refractivity contribution in [2.75, 3.05) is 23.9 Å². The third-order valence-electron chi connectivity index (χ3n) is 2.16. The van der Waals surface area contributed by atoms with Crippen LogP contribution in [0.5, 0.6) is 0 Å². The minimum absolute atomic E-state index is 0.0410. The van der Waals surface area contributed by atoms with Crippen LogP contribution >= 0.6 is 0 Å². The van der Waals surface area contributed by atoms with Crippen LogP contribution in [-0.4, -0.2) is 44.1 Å². The number of benzene rings is 1. The van der Waals surface area contributed by atoms with Crippen LogP contribution in [-0.2, 0) is 9.84 Å². The maximum atomic E-state index is 11.5. The van der Waals surface area contributed by atoms with Crippen molar-refractivity contribution >= 4 is 27.5 Å². The van der Waals surface area contributed by atoms with E-state index in [1.165, 1.54) is 18.2 Å². The van der Waals surface area contributed by atoms with Gasteiger partial charge in [-0.05, 0) is 12.1 Å². The lowest BCUT2D eigenvalue weighted by molar-refractivity contribution is 0.0698. The molecule has 0 heterocycles. The summed E-state index contributed by atoms with van der Waals surface area (Å²) in [6, 6.07) is 5.26. The Bertz CT molecular complexity index is 583. The molecule has 19 heavy (non-hydrogen) atoms. The van der Waals surface area contributed by atoms with Crippen molar-refractivity contribution in [3.05, 3.63) is 29.8 Å². The number of hydrogen-bond acceptors (Lipinski definition) is 4. The summed E-state index contributed by atoms with van der Waals surface area (Å²) < 4.78 is 21.7. The molecule has 0 aromatic heterocycles. The quantitative estimate of drug-likeness (QED) is 0.731. The van der Waals surface area contributed by atoms with E-state index in [1.54, 1.807) is 6.07 Å². The maximum Gasteiger partial charge on any atom is 0.337 e. The van der Waals surface area contributed by atoms with Crippen molar-refractivity contribution in [1.82, 2.24) is 5.32 Å². The molecule has 0 atom stereocenters. The summed E-state index contributed by atoms with van der Waals surface area (Å²) in [5, 5.41) is 13.6. The van der Waals surface area contributed by atoms with Crippen molar-refractivity contribution in [2.45, 2.75) is 0 Å². The second-order valence-electron chi connectivity index (χ2n) is 3.86. The third kappa shape index (κ3) is 5.38. The molecular weight excluding hydrogens is 272 g/mol. The highest BCUT2D eigenvalue weighted by Gasteiger charge is 2.11. The summed E-state index contributed by atoms with van der Waals surface area (Å²) in [5.74, 6) is -1.34. The molecule has 1 aromatic carbocycles. The van der Waals surface area contributed by atoms with Crippen LogP contribution in [0.2, 0.25) is 0 Å².